The standard InChI is InChI=1S/C18H15FN4O/c19-16-7-3-13(4-8-16)9-17(24)18(23-12-21-11-22-23)15-5-1-14(10-20)2-6-15/h1-8,11-12,17-18,24H,9H2/t17-,18+/m0/s1. The number of aliphatic hydroxyl groups is 1. The van der Waals surface area contributed by atoms with Gasteiger partial charge in [0, 0.05) is 6.42 Å². The maximum atomic E-state index is 13.0. The van der Waals surface area contributed by atoms with Crippen molar-refractivity contribution in [2.45, 2.75) is 18.6 Å². The van der Waals surface area contributed by atoms with Crippen molar-refractivity contribution in [3.63, 3.8) is 0 Å². The number of nitrogens with zero attached hydrogens (tertiary/aromatic N) is 4. The van der Waals surface area contributed by atoms with E-state index in [-0.39, 0.29) is 5.82 Å². The number of rotatable bonds is 5. The maximum Gasteiger partial charge on any atom is 0.137 e. The fourth-order valence-electron chi connectivity index (χ4n) is 2.64. The SMILES string of the molecule is N#Cc1ccc([C@H]([C@@H](O)Cc2ccc(F)cc2)n2cncn2)cc1. The zero-order valence-corrected chi connectivity index (χ0v) is 12.7. The second kappa shape index (κ2) is 7.02. The van der Waals surface area contributed by atoms with Crippen LogP contribution in [0.4, 0.5) is 4.39 Å². The third-order valence-corrected chi connectivity index (χ3v) is 3.83. The van der Waals surface area contributed by atoms with E-state index in [9.17, 15) is 9.50 Å². The van der Waals surface area contributed by atoms with Crippen LogP contribution in [0.5, 0.6) is 0 Å². The fraction of sp³-hybridized carbons (Fsp3) is 0.167. The predicted molar refractivity (Wildman–Crippen MR) is 85.4 cm³/mol. The van der Waals surface area contributed by atoms with E-state index >= 15 is 0 Å². The van der Waals surface area contributed by atoms with Crippen molar-refractivity contribution in [2.24, 2.45) is 0 Å². The normalized spacial score (nSPS) is 13.2. The van der Waals surface area contributed by atoms with E-state index in [1.54, 1.807) is 41.1 Å². The molecule has 0 unspecified atom stereocenters. The van der Waals surface area contributed by atoms with Crippen LogP contribution in [0.25, 0.3) is 0 Å². The van der Waals surface area contributed by atoms with Crippen molar-refractivity contribution in [1.82, 2.24) is 14.8 Å². The van der Waals surface area contributed by atoms with Crippen molar-refractivity contribution in [1.29, 1.82) is 5.26 Å². The molecule has 0 saturated carbocycles. The minimum atomic E-state index is -0.787. The van der Waals surface area contributed by atoms with Gasteiger partial charge >= 0.3 is 0 Å². The first kappa shape index (κ1) is 15.8. The van der Waals surface area contributed by atoms with Crippen LogP contribution in [0.1, 0.15) is 22.7 Å². The van der Waals surface area contributed by atoms with E-state index in [0.717, 1.165) is 11.1 Å². The highest BCUT2D eigenvalue weighted by molar-refractivity contribution is 5.33. The topological polar surface area (TPSA) is 74.7 Å². The lowest BCUT2D eigenvalue weighted by molar-refractivity contribution is 0.124. The molecular weight excluding hydrogens is 307 g/mol. The Morgan fingerprint density at radius 2 is 1.83 bits per heavy atom. The Morgan fingerprint density at radius 1 is 1.12 bits per heavy atom. The average Bonchev–Trinajstić information content (AvgIpc) is 3.12. The molecule has 3 rings (SSSR count). The molecule has 1 heterocycles. The van der Waals surface area contributed by atoms with Crippen molar-refractivity contribution < 1.29 is 9.50 Å². The molecule has 0 bridgehead atoms. The minimum Gasteiger partial charge on any atom is -0.390 e. The van der Waals surface area contributed by atoms with Crippen LogP contribution in [-0.2, 0) is 6.42 Å². The molecule has 0 radical (unpaired) electrons. The van der Waals surface area contributed by atoms with Gasteiger partial charge in [-0.1, -0.05) is 24.3 Å². The summed E-state index contributed by atoms with van der Waals surface area (Å²) in [5.74, 6) is -0.312. The van der Waals surface area contributed by atoms with Gasteiger partial charge < -0.3 is 5.11 Å². The summed E-state index contributed by atoms with van der Waals surface area (Å²) in [5.41, 5.74) is 2.18. The highest BCUT2D eigenvalue weighted by Crippen LogP contribution is 2.24. The lowest BCUT2D eigenvalue weighted by atomic mass is 9.95. The molecule has 2 atom stereocenters. The Labute approximate surface area is 138 Å². The van der Waals surface area contributed by atoms with Gasteiger partial charge in [0.05, 0.1) is 17.7 Å². The number of nitriles is 1. The Hall–Kier alpha value is -3.04. The molecule has 3 aromatic rings. The molecule has 0 aliphatic carbocycles. The predicted octanol–water partition coefficient (Wildman–Crippen LogP) is 2.48. The average molecular weight is 322 g/mol. The highest BCUT2D eigenvalue weighted by atomic mass is 19.1. The summed E-state index contributed by atoms with van der Waals surface area (Å²) in [4.78, 5) is 3.94. The summed E-state index contributed by atoms with van der Waals surface area (Å²) >= 11 is 0. The lowest BCUT2D eigenvalue weighted by Gasteiger charge is -2.23. The van der Waals surface area contributed by atoms with Crippen LogP contribution in [0, 0.1) is 17.1 Å². The van der Waals surface area contributed by atoms with Gasteiger partial charge in [-0.2, -0.15) is 10.4 Å². The van der Waals surface area contributed by atoms with E-state index in [4.69, 9.17) is 5.26 Å². The molecule has 120 valence electrons. The van der Waals surface area contributed by atoms with E-state index in [1.165, 1.54) is 24.8 Å². The van der Waals surface area contributed by atoms with E-state index in [1.807, 2.05) is 0 Å². The van der Waals surface area contributed by atoms with Gasteiger partial charge in [-0.05, 0) is 35.4 Å². The van der Waals surface area contributed by atoms with Gasteiger partial charge in [-0.25, -0.2) is 14.1 Å². The monoisotopic (exact) mass is 322 g/mol. The first-order chi connectivity index (χ1) is 11.7. The second-order valence-electron chi connectivity index (χ2n) is 5.45. The van der Waals surface area contributed by atoms with Crippen molar-refractivity contribution >= 4 is 0 Å². The van der Waals surface area contributed by atoms with Crippen LogP contribution in [0.15, 0.2) is 61.2 Å². The van der Waals surface area contributed by atoms with Crippen molar-refractivity contribution in [3.05, 3.63) is 83.7 Å². The number of hydrogen-bond acceptors (Lipinski definition) is 4. The molecule has 24 heavy (non-hydrogen) atoms. The summed E-state index contributed by atoms with van der Waals surface area (Å²) in [5, 5.41) is 23.8. The van der Waals surface area contributed by atoms with Gasteiger partial charge in [-0.15, -0.1) is 0 Å². The van der Waals surface area contributed by atoms with Crippen molar-refractivity contribution in [2.75, 3.05) is 0 Å². The Balaban J connectivity index is 1.89. The quantitative estimate of drug-likeness (QED) is 0.783. The van der Waals surface area contributed by atoms with Crippen molar-refractivity contribution in [3.8, 4) is 6.07 Å². The Bertz CT molecular complexity index is 823. The third-order valence-electron chi connectivity index (χ3n) is 3.83. The molecular formula is C18H15FN4O. The maximum absolute atomic E-state index is 13.0. The number of halogens is 1. The van der Waals surface area contributed by atoms with Crippen LogP contribution in [0.2, 0.25) is 0 Å². The fourth-order valence-corrected chi connectivity index (χ4v) is 2.64. The number of benzene rings is 2. The molecule has 0 amide bonds. The molecule has 0 fully saturated rings. The van der Waals surface area contributed by atoms with E-state index in [2.05, 4.69) is 16.2 Å². The Morgan fingerprint density at radius 3 is 2.42 bits per heavy atom. The number of aromatic nitrogens is 3. The molecule has 1 aromatic heterocycles. The summed E-state index contributed by atoms with van der Waals surface area (Å²) in [6.45, 7) is 0. The highest BCUT2D eigenvalue weighted by Gasteiger charge is 2.24. The van der Waals surface area contributed by atoms with Crippen LogP contribution in [0.3, 0.4) is 0 Å². The van der Waals surface area contributed by atoms with E-state index in [0.29, 0.717) is 12.0 Å². The number of aliphatic hydroxyl groups excluding tert-OH is 1. The lowest BCUT2D eigenvalue weighted by Crippen LogP contribution is -2.27. The van der Waals surface area contributed by atoms with Gasteiger partial charge in [0.25, 0.3) is 0 Å². The molecule has 0 spiro atoms. The molecule has 1 N–H and O–H groups in total. The summed E-state index contributed by atoms with van der Waals surface area (Å²) < 4.78 is 14.6. The second-order valence-corrected chi connectivity index (χ2v) is 5.45. The minimum absolute atomic E-state index is 0.312. The van der Waals surface area contributed by atoms with Gasteiger partial charge in [0.15, 0.2) is 0 Å². The van der Waals surface area contributed by atoms with Crippen LogP contribution >= 0.6 is 0 Å². The molecule has 2 aromatic carbocycles. The zero-order valence-electron chi connectivity index (χ0n) is 12.7. The molecule has 6 heteroatoms. The molecule has 0 aliphatic heterocycles. The summed E-state index contributed by atoms with van der Waals surface area (Å²) in [7, 11) is 0. The summed E-state index contributed by atoms with van der Waals surface area (Å²) in [6.07, 6.45) is 2.49. The summed E-state index contributed by atoms with van der Waals surface area (Å²) in [6, 6.07) is 14.6. The van der Waals surface area contributed by atoms with E-state index < -0.39 is 12.1 Å². The molecule has 0 saturated heterocycles. The molecule has 0 aliphatic rings. The van der Waals surface area contributed by atoms with Gasteiger partial charge in [-0.3, -0.25) is 0 Å². The largest absolute Gasteiger partial charge is 0.390 e. The first-order valence-electron chi connectivity index (χ1n) is 7.44. The number of hydrogen-bond donors (Lipinski definition) is 1. The third kappa shape index (κ3) is 3.47. The molecule has 5 nitrogen and oxygen atoms in total. The Kier molecular flexibility index (Phi) is 4.64. The smallest absolute Gasteiger partial charge is 0.137 e. The van der Waals surface area contributed by atoms with Gasteiger partial charge in [0.2, 0.25) is 0 Å². The van der Waals surface area contributed by atoms with Gasteiger partial charge in [0.1, 0.15) is 24.5 Å². The van der Waals surface area contributed by atoms with Crippen LogP contribution < -0.4 is 0 Å². The van der Waals surface area contributed by atoms with Crippen LogP contribution in [-0.4, -0.2) is 26.0 Å². The first-order valence-corrected chi connectivity index (χ1v) is 7.44. The zero-order chi connectivity index (χ0) is 16.9.